The standard InChI is InChI=1S/C23H24O3S/c1-2-16(15-22(26)23-11-6-14-27-23)7-5-10-20(24)19-12-13-21(25)18-9-4-3-8-17(18)19/h3-6,8-9,11-14,20,22,24-26H,2,10,15H2,1H3/t7?,20-,22-/m1/s1. The molecule has 27 heavy (non-hydrogen) atoms. The van der Waals surface area contributed by atoms with E-state index in [1.165, 1.54) is 0 Å². The number of phenols is 1. The van der Waals surface area contributed by atoms with Crippen LogP contribution >= 0.6 is 11.3 Å². The van der Waals surface area contributed by atoms with Crippen LogP contribution < -0.4 is 0 Å². The van der Waals surface area contributed by atoms with E-state index in [4.69, 9.17) is 0 Å². The van der Waals surface area contributed by atoms with Crippen molar-refractivity contribution in [3.8, 4) is 5.75 Å². The maximum Gasteiger partial charge on any atom is 0.123 e. The summed E-state index contributed by atoms with van der Waals surface area (Å²) in [5, 5.41) is 34.5. The zero-order chi connectivity index (χ0) is 19.2. The Morgan fingerprint density at radius 2 is 1.81 bits per heavy atom. The maximum absolute atomic E-state index is 10.6. The summed E-state index contributed by atoms with van der Waals surface area (Å²) in [7, 11) is 0. The average molecular weight is 381 g/mol. The fourth-order valence-electron chi connectivity index (χ4n) is 3.16. The van der Waals surface area contributed by atoms with Gasteiger partial charge in [-0.25, -0.2) is 0 Å². The van der Waals surface area contributed by atoms with E-state index < -0.39 is 12.2 Å². The Kier molecular flexibility index (Phi) is 6.49. The van der Waals surface area contributed by atoms with Crippen LogP contribution in [0, 0.1) is 0 Å². The Balaban J connectivity index is 1.74. The van der Waals surface area contributed by atoms with Gasteiger partial charge in [-0.2, -0.15) is 0 Å². The monoisotopic (exact) mass is 380 g/mol. The van der Waals surface area contributed by atoms with Crippen LogP contribution in [0.25, 0.3) is 10.8 Å². The molecule has 0 saturated heterocycles. The molecule has 0 spiro atoms. The predicted molar refractivity (Wildman–Crippen MR) is 111 cm³/mol. The molecule has 0 bridgehead atoms. The molecule has 2 aromatic carbocycles. The van der Waals surface area contributed by atoms with Crippen molar-refractivity contribution in [1.82, 2.24) is 0 Å². The molecule has 4 heteroatoms. The number of phenolic OH excluding ortho intramolecular Hbond substituents is 1. The van der Waals surface area contributed by atoms with Crippen molar-refractivity contribution in [1.29, 1.82) is 0 Å². The quantitative estimate of drug-likeness (QED) is 0.465. The summed E-state index contributed by atoms with van der Waals surface area (Å²) in [4.78, 5) is 0.957. The molecule has 3 N–H and O–H groups in total. The van der Waals surface area contributed by atoms with E-state index in [9.17, 15) is 15.3 Å². The fourth-order valence-corrected chi connectivity index (χ4v) is 3.87. The molecular formula is C23H24O3S. The highest BCUT2D eigenvalue weighted by atomic mass is 32.1. The molecule has 3 rings (SSSR count). The molecule has 140 valence electrons. The lowest BCUT2D eigenvalue weighted by molar-refractivity contribution is 0.181. The van der Waals surface area contributed by atoms with Gasteiger partial charge < -0.3 is 15.3 Å². The predicted octanol–water partition coefficient (Wildman–Crippen LogP) is 5.65. The first-order valence-corrected chi connectivity index (χ1v) is 10.0. The third-order valence-electron chi connectivity index (χ3n) is 4.68. The Morgan fingerprint density at radius 1 is 1.04 bits per heavy atom. The smallest absolute Gasteiger partial charge is 0.123 e. The molecule has 0 fully saturated rings. The molecule has 1 aromatic heterocycles. The van der Waals surface area contributed by atoms with Gasteiger partial charge in [0.15, 0.2) is 0 Å². The normalized spacial score (nSPS) is 13.1. The van der Waals surface area contributed by atoms with Crippen molar-refractivity contribution in [2.45, 2.75) is 38.4 Å². The minimum absolute atomic E-state index is 0.216. The van der Waals surface area contributed by atoms with Gasteiger partial charge in [-0.3, -0.25) is 0 Å². The molecule has 0 amide bonds. The Bertz CT molecular complexity index is 953. The Labute approximate surface area is 163 Å². The number of aliphatic hydroxyl groups excluding tert-OH is 2. The molecule has 3 aromatic rings. The maximum atomic E-state index is 10.6. The second-order valence-electron chi connectivity index (χ2n) is 6.51. The second-order valence-corrected chi connectivity index (χ2v) is 7.49. The molecular weight excluding hydrogens is 356 g/mol. The van der Waals surface area contributed by atoms with Crippen molar-refractivity contribution in [2.75, 3.05) is 0 Å². The fraction of sp³-hybridized carbons (Fsp3) is 0.261. The summed E-state index contributed by atoms with van der Waals surface area (Å²) >= 11 is 1.55. The van der Waals surface area contributed by atoms with Crippen LogP contribution in [0.4, 0.5) is 0 Å². The highest BCUT2D eigenvalue weighted by molar-refractivity contribution is 7.10. The van der Waals surface area contributed by atoms with E-state index in [1.54, 1.807) is 23.5 Å². The van der Waals surface area contributed by atoms with Crippen LogP contribution in [0.5, 0.6) is 5.75 Å². The van der Waals surface area contributed by atoms with Gasteiger partial charge in [-0.15, -0.1) is 17.1 Å². The molecule has 0 aliphatic rings. The van der Waals surface area contributed by atoms with Crippen LogP contribution in [-0.2, 0) is 0 Å². The number of aromatic hydroxyl groups is 1. The lowest BCUT2D eigenvalue weighted by Crippen LogP contribution is -1.97. The van der Waals surface area contributed by atoms with Crippen LogP contribution in [0.1, 0.15) is 48.8 Å². The van der Waals surface area contributed by atoms with Gasteiger partial charge in [0.2, 0.25) is 0 Å². The van der Waals surface area contributed by atoms with Crippen molar-refractivity contribution in [2.24, 2.45) is 0 Å². The summed E-state index contributed by atoms with van der Waals surface area (Å²) in [5.74, 6) is 0.216. The van der Waals surface area contributed by atoms with Crippen LogP contribution in [0.2, 0.25) is 0 Å². The molecule has 0 unspecified atom stereocenters. The molecule has 2 atom stereocenters. The van der Waals surface area contributed by atoms with Gasteiger partial charge in [-0.05, 0) is 46.5 Å². The zero-order valence-corrected chi connectivity index (χ0v) is 16.1. The first kappa shape index (κ1) is 19.4. The number of hydrogen-bond acceptors (Lipinski definition) is 4. The summed E-state index contributed by atoms with van der Waals surface area (Å²) in [6, 6.07) is 14.8. The largest absolute Gasteiger partial charge is 0.507 e. The topological polar surface area (TPSA) is 60.7 Å². The van der Waals surface area contributed by atoms with Gasteiger partial charge in [0.05, 0.1) is 12.2 Å². The van der Waals surface area contributed by atoms with Gasteiger partial charge in [0.1, 0.15) is 5.75 Å². The highest BCUT2D eigenvalue weighted by Gasteiger charge is 2.12. The number of thiophene rings is 1. The molecule has 1 heterocycles. The SMILES string of the molecule is CCC(=C=CC[C@@H](O)c1ccc(O)c2ccccc12)C[C@@H](O)c1cccs1. The zero-order valence-electron chi connectivity index (χ0n) is 15.3. The van der Waals surface area contributed by atoms with E-state index in [1.807, 2.05) is 54.8 Å². The van der Waals surface area contributed by atoms with Gasteiger partial charge >= 0.3 is 0 Å². The Hall–Kier alpha value is -2.36. The third-order valence-corrected chi connectivity index (χ3v) is 5.65. The van der Waals surface area contributed by atoms with E-state index in [0.717, 1.165) is 33.2 Å². The summed E-state index contributed by atoms with van der Waals surface area (Å²) in [6.45, 7) is 2.04. The van der Waals surface area contributed by atoms with Crippen molar-refractivity contribution >= 4 is 22.1 Å². The van der Waals surface area contributed by atoms with Gasteiger partial charge in [0.25, 0.3) is 0 Å². The second kappa shape index (κ2) is 9.03. The minimum Gasteiger partial charge on any atom is -0.507 e. The Morgan fingerprint density at radius 3 is 2.52 bits per heavy atom. The van der Waals surface area contributed by atoms with Crippen molar-refractivity contribution in [3.05, 3.63) is 81.7 Å². The summed E-state index contributed by atoms with van der Waals surface area (Å²) in [6.07, 6.45) is 2.43. The van der Waals surface area contributed by atoms with Gasteiger partial charge in [0, 0.05) is 23.1 Å². The van der Waals surface area contributed by atoms with Gasteiger partial charge in [-0.1, -0.05) is 43.3 Å². The van der Waals surface area contributed by atoms with Crippen LogP contribution in [-0.4, -0.2) is 15.3 Å². The average Bonchev–Trinajstić information content (AvgIpc) is 3.22. The van der Waals surface area contributed by atoms with E-state index in [0.29, 0.717) is 12.8 Å². The number of rotatable bonds is 7. The van der Waals surface area contributed by atoms with Crippen LogP contribution in [0.15, 0.2) is 71.3 Å². The molecule has 0 aliphatic carbocycles. The third kappa shape index (κ3) is 4.68. The van der Waals surface area contributed by atoms with Crippen molar-refractivity contribution < 1.29 is 15.3 Å². The molecule has 3 nitrogen and oxygen atoms in total. The molecule has 0 radical (unpaired) electrons. The van der Waals surface area contributed by atoms with Crippen molar-refractivity contribution in [3.63, 3.8) is 0 Å². The van der Waals surface area contributed by atoms with E-state index in [2.05, 4.69) is 5.73 Å². The first-order valence-electron chi connectivity index (χ1n) is 9.13. The number of hydrogen-bond donors (Lipinski definition) is 3. The number of aliphatic hydroxyl groups is 2. The summed E-state index contributed by atoms with van der Waals surface area (Å²) in [5.41, 5.74) is 5.07. The summed E-state index contributed by atoms with van der Waals surface area (Å²) < 4.78 is 0. The molecule has 0 aliphatic heterocycles. The highest BCUT2D eigenvalue weighted by Crippen LogP contribution is 2.32. The van der Waals surface area contributed by atoms with E-state index in [-0.39, 0.29) is 5.75 Å². The lowest BCUT2D eigenvalue weighted by atomic mass is 9.98. The van der Waals surface area contributed by atoms with Crippen LogP contribution in [0.3, 0.4) is 0 Å². The first-order chi connectivity index (χ1) is 13.1. The minimum atomic E-state index is -0.677. The lowest BCUT2D eigenvalue weighted by Gasteiger charge is -2.13. The van der Waals surface area contributed by atoms with E-state index >= 15 is 0 Å². The molecule has 0 saturated carbocycles. The number of benzene rings is 2. The number of fused-ring (bicyclic) bond motifs is 1.